The van der Waals surface area contributed by atoms with Crippen molar-refractivity contribution in [3.05, 3.63) is 41.7 Å². The van der Waals surface area contributed by atoms with Crippen LogP contribution in [0.2, 0.25) is 0 Å². The number of pyridine rings is 2. The van der Waals surface area contributed by atoms with Gasteiger partial charge in [-0.1, -0.05) is 6.92 Å². The van der Waals surface area contributed by atoms with Crippen molar-refractivity contribution in [3.63, 3.8) is 0 Å². The molecule has 0 spiro atoms. The minimum atomic E-state index is -3.87. The summed E-state index contributed by atoms with van der Waals surface area (Å²) >= 11 is 0. The molecule has 0 bridgehead atoms. The average Bonchev–Trinajstić information content (AvgIpc) is 3.50. The molecule has 1 aliphatic rings. The van der Waals surface area contributed by atoms with E-state index >= 15 is 0 Å². The molecule has 1 N–H and O–H groups in total. The SMILES string of the molecule is CCS(=O)(=O)c1cc(C(=O)NC2(C#N)CC2)cnc1-c1nnc(-c2cc(C(C)(F)F)ccn2)n1C. The molecule has 13 heteroatoms. The van der Waals surface area contributed by atoms with Gasteiger partial charge in [0.1, 0.15) is 16.9 Å². The summed E-state index contributed by atoms with van der Waals surface area (Å²) in [5, 5.41) is 19.9. The number of hydrogen-bond donors (Lipinski definition) is 1. The van der Waals surface area contributed by atoms with E-state index in [-0.39, 0.29) is 44.8 Å². The summed E-state index contributed by atoms with van der Waals surface area (Å²) in [7, 11) is -2.34. The molecule has 1 aliphatic carbocycles. The van der Waals surface area contributed by atoms with E-state index in [1.54, 1.807) is 0 Å². The Hall–Kier alpha value is -3.79. The summed E-state index contributed by atoms with van der Waals surface area (Å²) in [6, 6.07) is 5.60. The highest BCUT2D eigenvalue weighted by Gasteiger charge is 2.45. The molecule has 0 atom stereocenters. The van der Waals surface area contributed by atoms with Crippen LogP contribution in [0.15, 0.2) is 35.5 Å². The fourth-order valence-corrected chi connectivity index (χ4v) is 4.45. The number of sulfone groups is 1. The van der Waals surface area contributed by atoms with Crippen molar-refractivity contribution in [2.24, 2.45) is 7.05 Å². The molecule has 4 rings (SSSR count). The highest BCUT2D eigenvalue weighted by Crippen LogP contribution is 2.35. The van der Waals surface area contributed by atoms with Crippen molar-refractivity contribution in [2.75, 3.05) is 5.75 Å². The number of amides is 1. The molecule has 1 saturated carbocycles. The van der Waals surface area contributed by atoms with Crippen molar-refractivity contribution in [3.8, 4) is 29.1 Å². The largest absolute Gasteiger partial charge is 0.334 e. The molecule has 1 amide bonds. The zero-order chi connectivity index (χ0) is 25.6. The van der Waals surface area contributed by atoms with E-state index in [4.69, 9.17) is 0 Å². The summed E-state index contributed by atoms with van der Waals surface area (Å²) in [5.74, 6) is -3.81. The smallest absolute Gasteiger partial charge is 0.270 e. The van der Waals surface area contributed by atoms with Crippen LogP contribution in [0.4, 0.5) is 8.78 Å². The van der Waals surface area contributed by atoms with Gasteiger partial charge in [-0.2, -0.15) is 5.26 Å². The zero-order valence-electron chi connectivity index (χ0n) is 19.1. The second-order valence-corrected chi connectivity index (χ2v) is 10.6. The van der Waals surface area contributed by atoms with Crippen LogP contribution in [-0.2, 0) is 22.8 Å². The molecule has 0 radical (unpaired) electrons. The minimum Gasteiger partial charge on any atom is -0.334 e. The molecule has 0 saturated heterocycles. The number of aromatic nitrogens is 5. The van der Waals surface area contributed by atoms with Gasteiger partial charge >= 0.3 is 0 Å². The molecule has 182 valence electrons. The Morgan fingerprint density at radius 1 is 1.26 bits per heavy atom. The van der Waals surface area contributed by atoms with Gasteiger partial charge in [0.15, 0.2) is 21.5 Å². The van der Waals surface area contributed by atoms with Crippen molar-refractivity contribution >= 4 is 15.7 Å². The molecule has 3 aromatic heterocycles. The highest BCUT2D eigenvalue weighted by molar-refractivity contribution is 7.91. The first-order chi connectivity index (χ1) is 16.4. The zero-order valence-corrected chi connectivity index (χ0v) is 19.9. The van der Waals surface area contributed by atoms with E-state index in [0.29, 0.717) is 12.8 Å². The Bertz CT molecular complexity index is 1470. The topological polar surface area (TPSA) is 144 Å². The molecule has 0 aliphatic heterocycles. The fourth-order valence-electron chi connectivity index (χ4n) is 3.39. The van der Waals surface area contributed by atoms with Crippen LogP contribution in [-0.4, -0.2) is 50.3 Å². The van der Waals surface area contributed by atoms with Crippen LogP contribution >= 0.6 is 0 Å². The maximum atomic E-state index is 13.8. The Labute approximate surface area is 200 Å². The Balaban J connectivity index is 1.79. The second kappa shape index (κ2) is 8.46. The lowest BCUT2D eigenvalue weighted by atomic mass is 10.1. The molecular formula is C22H21F2N7O3S. The molecular weight excluding hydrogens is 480 g/mol. The Morgan fingerprint density at radius 2 is 1.94 bits per heavy atom. The monoisotopic (exact) mass is 501 g/mol. The van der Waals surface area contributed by atoms with Crippen LogP contribution in [0.3, 0.4) is 0 Å². The van der Waals surface area contributed by atoms with E-state index in [9.17, 15) is 27.3 Å². The van der Waals surface area contributed by atoms with Crippen molar-refractivity contribution in [1.29, 1.82) is 5.26 Å². The first-order valence-corrected chi connectivity index (χ1v) is 12.3. The van der Waals surface area contributed by atoms with E-state index in [0.717, 1.165) is 6.92 Å². The second-order valence-electron chi connectivity index (χ2n) is 8.35. The number of carbonyl (C=O) groups excluding carboxylic acids is 1. The highest BCUT2D eigenvalue weighted by atomic mass is 32.2. The van der Waals surface area contributed by atoms with Gasteiger partial charge in [-0.3, -0.25) is 14.8 Å². The summed E-state index contributed by atoms with van der Waals surface area (Å²) in [4.78, 5) is 20.7. The quantitative estimate of drug-likeness (QED) is 0.520. The van der Waals surface area contributed by atoms with Crippen LogP contribution in [0.25, 0.3) is 23.0 Å². The fraction of sp³-hybridized carbons (Fsp3) is 0.364. The van der Waals surface area contributed by atoms with Gasteiger partial charge in [0.2, 0.25) is 0 Å². The van der Waals surface area contributed by atoms with Crippen LogP contribution in [0.1, 0.15) is 42.6 Å². The Morgan fingerprint density at radius 3 is 2.54 bits per heavy atom. The lowest BCUT2D eigenvalue weighted by Crippen LogP contribution is -2.35. The van der Waals surface area contributed by atoms with Gasteiger partial charge in [0, 0.05) is 31.9 Å². The van der Waals surface area contributed by atoms with Gasteiger partial charge in [0.05, 0.1) is 22.3 Å². The maximum Gasteiger partial charge on any atom is 0.270 e. The van der Waals surface area contributed by atoms with Crippen molar-refractivity contribution in [2.45, 2.75) is 43.0 Å². The molecule has 0 unspecified atom stereocenters. The third-order valence-corrected chi connectivity index (χ3v) is 7.47. The molecule has 3 heterocycles. The van der Waals surface area contributed by atoms with E-state index in [1.165, 1.54) is 49.1 Å². The van der Waals surface area contributed by atoms with Gasteiger partial charge in [-0.15, -0.1) is 10.2 Å². The lowest BCUT2D eigenvalue weighted by Gasteiger charge is -2.13. The molecule has 3 aromatic rings. The van der Waals surface area contributed by atoms with Gasteiger partial charge in [-0.05, 0) is 31.0 Å². The number of rotatable bonds is 7. The van der Waals surface area contributed by atoms with Crippen molar-refractivity contribution in [1.82, 2.24) is 30.0 Å². The van der Waals surface area contributed by atoms with Crippen LogP contribution in [0.5, 0.6) is 0 Å². The number of alkyl halides is 2. The van der Waals surface area contributed by atoms with Crippen molar-refractivity contribution < 1.29 is 22.0 Å². The molecule has 35 heavy (non-hydrogen) atoms. The number of nitriles is 1. The molecule has 1 fully saturated rings. The van der Waals surface area contributed by atoms with Gasteiger partial charge in [0.25, 0.3) is 11.8 Å². The standard InChI is InChI=1S/C22H21F2N7O3S/c1-4-35(33,34)16-9-13(20(32)28-22(12-25)6-7-22)11-27-17(16)19-30-29-18(31(19)3)15-10-14(5-8-26-15)21(2,23)24/h5,8-11H,4,6-7H2,1-3H3,(H,28,32). The summed E-state index contributed by atoms with van der Waals surface area (Å²) in [6.07, 6.45) is 3.45. The predicted octanol–water partition coefficient (Wildman–Crippen LogP) is 2.63. The Kier molecular flexibility index (Phi) is 5.88. The van der Waals surface area contributed by atoms with E-state index in [2.05, 4.69) is 25.5 Å². The van der Waals surface area contributed by atoms with E-state index < -0.39 is 27.2 Å². The van der Waals surface area contributed by atoms with E-state index in [1.807, 2.05) is 6.07 Å². The maximum absolute atomic E-state index is 13.8. The molecule has 10 nitrogen and oxygen atoms in total. The average molecular weight is 502 g/mol. The normalized spacial score (nSPS) is 14.9. The summed E-state index contributed by atoms with van der Waals surface area (Å²) < 4.78 is 54.7. The number of carbonyl (C=O) groups is 1. The number of nitrogens with zero attached hydrogens (tertiary/aromatic N) is 6. The number of nitrogens with one attached hydrogen (secondary N) is 1. The van der Waals surface area contributed by atoms with Gasteiger partial charge in [-0.25, -0.2) is 17.2 Å². The summed E-state index contributed by atoms with van der Waals surface area (Å²) in [5.41, 5.74) is -1.16. The first-order valence-electron chi connectivity index (χ1n) is 10.6. The van der Waals surface area contributed by atoms with Crippen LogP contribution in [0, 0.1) is 11.3 Å². The predicted molar refractivity (Wildman–Crippen MR) is 120 cm³/mol. The minimum absolute atomic E-state index is 0.0239. The number of hydrogen-bond acceptors (Lipinski definition) is 8. The summed E-state index contributed by atoms with van der Waals surface area (Å²) in [6.45, 7) is 2.21. The lowest BCUT2D eigenvalue weighted by molar-refractivity contribution is 0.0174. The van der Waals surface area contributed by atoms with Crippen LogP contribution < -0.4 is 5.32 Å². The van der Waals surface area contributed by atoms with Gasteiger partial charge < -0.3 is 9.88 Å². The third-order valence-electron chi connectivity index (χ3n) is 5.73. The third kappa shape index (κ3) is 4.61. The number of halogens is 2. The first kappa shape index (κ1) is 24.3. The molecule has 0 aromatic carbocycles.